The molecule has 3 aromatic rings. The Balaban J connectivity index is 1.51. The van der Waals surface area contributed by atoms with Gasteiger partial charge in [-0.05, 0) is 36.8 Å². The molecule has 1 unspecified atom stereocenters. The number of esters is 1. The minimum Gasteiger partial charge on any atom is -0.497 e. The Hall–Kier alpha value is -2.80. The summed E-state index contributed by atoms with van der Waals surface area (Å²) >= 11 is 3.37. The molecule has 0 radical (unpaired) electrons. The molecule has 0 aliphatic rings. The number of nitrogens with one attached hydrogen (secondary N) is 1. The second-order valence-electron chi connectivity index (χ2n) is 6.30. The average Bonchev–Trinajstić information content (AvgIpc) is 3.08. The van der Waals surface area contributed by atoms with E-state index in [2.05, 4.69) is 21.2 Å². The lowest BCUT2D eigenvalue weighted by Gasteiger charge is -2.14. The fourth-order valence-electron chi connectivity index (χ4n) is 2.80. The topological polar surface area (TPSA) is 77.8 Å². The normalized spacial score (nSPS) is 11.8. The van der Waals surface area contributed by atoms with E-state index < -0.39 is 5.97 Å². The van der Waals surface area contributed by atoms with Gasteiger partial charge in [0.15, 0.2) is 6.61 Å². The fraction of sp³-hybridized carbons (Fsp3) is 0.238. The van der Waals surface area contributed by atoms with E-state index in [0.29, 0.717) is 16.9 Å². The van der Waals surface area contributed by atoms with Gasteiger partial charge in [0.05, 0.1) is 25.8 Å². The largest absolute Gasteiger partial charge is 0.497 e. The second-order valence-corrected chi connectivity index (χ2v) is 7.22. The van der Waals surface area contributed by atoms with E-state index in [1.54, 1.807) is 19.2 Å². The Labute approximate surface area is 170 Å². The lowest BCUT2D eigenvalue weighted by molar-refractivity contribution is -0.148. The van der Waals surface area contributed by atoms with Gasteiger partial charge in [0.25, 0.3) is 5.91 Å². The average molecular weight is 446 g/mol. The van der Waals surface area contributed by atoms with Gasteiger partial charge in [-0.1, -0.05) is 28.1 Å². The van der Waals surface area contributed by atoms with Crippen molar-refractivity contribution in [3.63, 3.8) is 0 Å². The van der Waals surface area contributed by atoms with Crippen LogP contribution in [0.2, 0.25) is 0 Å². The maximum atomic E-state index is 12.1. The fourth-order valence-corrected chi connectivity index (χ4v) is 3.06. The Morgan fingerprint density at radius 3 is 2.64 bits per heavy atom. The number of fused-ring (bicyclic) bond motifs is 1. The number of ether oxygens (including phenoxy) is 2. The number of carbonyl (C=O) groups excluding carboxylic acids is 2. The van der Waals surface area contributed by atoms with E-state index >= 15 is 0 Å². The van der Waals surface area contributed by atoms with Crippen LogP contribution in [0.15, 0.2) is 57.6 Å². The van der Waals surface area contributed by atoms with Crippen molar-refractivity contribution in [2.75, 3.05) is 13.7 Å². The van der Waals surface area contributed by atoms with Crippen LogP contribution in [-0.2, 0) is 20.7 Å². The summed E-state index contributed by atoms with van der Waals surface area (Å²) in [5.74, 6) is -0.178. The third kappa shape index (κ3) is 4.92. The van der Waals surface area contributed by atoms with Gasteiger partial charge in [0, 0.05) is 21.5 Å². The van der Waals surface area contributed by atoms with Crippen molar-refractivity contribution >= 4 is 38.8 Å². The Morgan fingerprint density at radius 2 is 1.93 bits per heavy atom. The highest BCUT2D eigenvalue weighted by atomic mass is 79.9. The van der Waals surface area contributed by atoms with Gasteiger partial charge >= 0.3 is 5.97 Å². The summed E-state index contributed by atoms with van der Waals surface area (Å²) in [6.07, 6.45) is 1.54. The van der Waals surface area contributed by atoms with E-state index in [1.165, 1.54) is 6.26 Å². The molecule has 1 amide bonds. The number of furan rings is 1. The monoisotopic (exact) mass is 445 g/mol. The van der Waals surface area contributed by atoms with E-state index in [-0.39, 0.29) is 25.0 Å². The molecule has 3 rings (SSSR count). The highest BCUT2D eigenvalue weighted by Crippen LogP contribution is 2.26. The van der Waals surface area contributed by atoms with Crippen LogP contribution < -0.4 is 10.1 Å². The predicted molar refractivity (Wildman–Crippen MR) is 108 cm³/mol. The first-order valence-electron chi connectivity index (χ1n) is 8.71. The van der Waals surface area contributed by atoms with E-state index in [1.807, 2.05) is 37.3 Å². The van der Waals surface area contributed by atoms with Crippen LogP contribution in [0, 0.1) is 0 Å². The number of hydrogen-bond donors (Lipinski definition) is 1. The highest BCUT2D eigenvalue weighted by Gasteiger charge is 2.15. The third-order valence-corrected chi connectivity index (χ3v) is 4.84. The first-order chi connectivity index (χ1) is 13.5. The number of hydrogen-bond acceptors (Lipinski definition) is 5. The number of amides is 1. The SMILES string of the molecule is COc1ccc2c(CC(=O)OCC(=O)NC(C)c3ccc(Br)cc3)coc2c1. The van der Waals surface area contributed by atoms with Crippen molar-refractivity contribution in [2.45, 2.75) is 19.4 Å². The van der Waals surface area contributed by atoms with E-state index in [0.717, 1.165) is 15.4 Å². The van der Waals surface area contributed by atoms with Crippen molar-refractivity contribution in [3.05, 3.63) is 64.3 Å². The lowest BCUT2D eigenvalue weighted by atomic mass is 10.1. The first-order valence-corrected chi connectivity index (χ1v) is 9.50. The molecule has 0 saturated carbocycles. The van der Waals surface area contributed by atoms with E-state index in [4.69, 9.17) is 13.9 Å². The minimum absolute atomic E-state index is 0.0227. The molecule has 0 aliphatic heterocycles. The summed E-state index contributed by atoms with van der Waals surface area (Å²) in [7, 11) is 1.57. The summed E-state index contributed by atoms with van der Waals surface area (Å²) < 4.78 is 16.7. The zero-order valence-corrected chi connectivity index (χ0v) is 17.1. The molecule has 28 heavy (non-hydrogen) atoms. The Morgan fingerprint density at radius 1 is 1.18 bits per heavy atom. The first kappa shape index (κ1) is 19.9. The quantitative estimate of drug-likeness (QED) is 0.552. The lowest BCUT2D eigenvalue weighted by Crippen LogP contribution is -2.31. The van der Waals surface area contributed by atoms with Crippen LogP contribution in [-0.4, -0.2) is 25.6 Å². The number of halogens is 1. The van der Waals surface area contributed by atoms with Gasteiger partial charge < -0.3 is 19.2 Å². The van der Waals surface area contributed by atoms with Crippen molar-refractivity contribution < 1.29 is 23.5 Å². The maximum absolute atomic E-state index is 12.1. The molecule has 0 aliphatic carbocycles. The van der Waals surface area contributed by atoms with Crippen LogP contribution in [0.4, 0.5) is 0 Å². The summed E-state index contributed by atoms with van der Waals surface area (Å²) in [4.78, 5) is 24.2. The Kier molecular flexibility index (Phi) is 6.36. The van der Waals surface area contributed by atoms with Gasteiger partial charge in [-0.25, -0.2) is 0 Å². The van der Waals surface area contributed by atoms with Crippen molar-refractivity contribution in [1.29, 1.82) is 0 Å². The summed E-state index contributed by atoms with van der Waals surface area (Å²) in [6, 6.07) is 12.8. The van der Waals surface area contributed by atoms with Crippen LogP contribution in [0.25, 0.3) is 11.0 Å². The molecule has 0 saturated heterocycles. The molecule has 1 N–H and O–H groups in total. The van der Waals surface area contributed by atoms with Crippen LogP contribution in [0.5, 0.6) is 5.75 Å². The maximum Gasteiger partial charge on any atom is 0.310 e. The predicted octanol–water partition coefficient (Wildman–Crippen LogP) is 4.17. The summed E-state index contributed by atoms with van der Waals surface area (Å²) in [6.45, 7) is 1.54. The zero-order valence-electron chi connectivity index (χ0n) is 15.5. The molecule has 7 heteroatoms. The zero-order chi connectivity index (χ0) is 20.1. The molecule has 0 spiro atoms. The van der Waals surface area contributed by atoms with Gasteiger partial charge in [0.1, 0.15) is 11.3 Å². The Bertz CT molecular complexity index is 980. The molecule has 1 atom stereocenters. The van der Waals surface area contributed by atoms with Crippen molar-refractivity contribution in [3.8, 4) is 5.75 Å². The van der Waals surface area contributed by atoms with Crippen LogP contribution >= 0.6 is 15.9 Å². The number of benzene rings is 2. The highest BCUT2D eigenvalue weighted by molar-refractivity contribution is 9.10. The third-order valence-electron chi connectivity index (χ3n) is 4.31. The standard InChI is InChI=1S/C21H20BrNO5/c1-13(14-3-5-16(22)6-4-14)23-20(24)12-28-21(25)9-15-11-27-19-10-17(26-2)7-8-18(15)19/h3-8,10-11,13H,9,12H2,1-2H3,(H,23,24). The summed E-state index contributed by atoms with van der Waals surface area (Å²) in [5.41, 5.74) is 2.29. The minimum atomic E-state index is -0.495. The molecular formula is C21H20BrNO5. The number of carbonyl (C=O) groups is 2. The van der Waals surface area contributed by atoms with Crippen molar-refractivity contribution in [1.82, 2.24) is 5.32 Å². The second kappa shape index (κ2) is 8.93. The number of rotatable bonds is 7. The van der Waals surface area contributed by atoms with Gasteiger partial charge in [-0.15, -0.1) is 0 Å². The molecule has 1 aromatic heterocycles. The molecule has 2 aromatic carbocycles. The molecule has 0 fully saturated rings. The number of methoxy groups -OCH3 is 1. The van der Waals surface area contributed by atoms with Gasteiger partial charge in [0.2, 0.25) is 0 Å². The van der Waals surface area contributed by atoms with Crippen LogP contribution in [0.3, 0.4) is 0 Å². The van der Waals surface area contributed by atoms with Crippen LogP contribution in [0.1, 0.15) is 24.1 Å². The smallest absolute Gasteiger partial charge is 0.310 e. The molecule has 1 heterocycles. The summed E-state index contributed by atoms with van der Waals surface area (Å²) in [5, 5.41) is 3.62. The molecular weight excluding hydrogens is 426 g/mol. The molecule has 6 nitrogen and oxygen atoms in total. The molecule has 146 valence electrons. The van der Waals surface area contributed by atoms with Gasteiger partial charge in [-0.3, -0.25) is 9.59 Å². The van der Waals surface area contributed by atoms with Crippen molar-refractivity contribution in [2.24, 2.45) is 0 Å². The van der Waals surface area contributed by atoms with E-state index in [9.17, 15) is 9.59 Å². The molecule has 0 bridgehead atoms. The van der Waals surface area contributed by atoms with Gasteiger partial charge in [-0.2, -0.15) is 0 Å².